The Morgan fingerprint density at radius 2 is 1.76 bits per heavy atom. The monoisotopic (exact) mass is 358 g/mol. The minimum absolute atomic E-state index is 0.0161. The van der Waals surface area contributed by atoms with Crippen molar-refractivity contribution in [1.82, 2.24) is 4.90 Å². The normalized spacial score (nSPS) is 16.0. The van der Waals surface area contributed by atoms with Gasteiger partial charge in [0.1, 0.15) is 0 Å². The van der Waals surface area contributed by atoms with Crippen molar-refractivity contribution in [2.45, 2.75) is 32.0 Å². The first-order chi connectivity index (χ1) is 10.0. The predicted octanol–water partition coefficient (Wildman–Crippen LogP) is 2.82. The van der Waals surface area contributed by atoms with Gasteiger partial charge in [-0.05, 0) is 31.5 Å². The number of nitrogens with two attached hydrogens (primary N) is 1. The molecule has 0 saturated heterocycles. The molecule has 0 heterocycles. The van der Waals surface area contributed by atoms with Crippen molar-refractivity contribution >= 4 is 15.9 Å². The fourth-order valence-corrected chi connectivity index (χ4v) is 2.89. The summed E-state index contributed by atoms with van der Waals surface area (Å²) in [4.78, 5) is 2.36. The van der Waals surface area contributed by atoms with Gasteiger partial charge in [0, 0.05) is 37.3 Å². The first-order valence-electron chi connectivity index (χ1n) is 7.26. The van der Waals surface area contributed by atoms with Crippen LogP contribution in [-0.2, 0) is 9.47 Å². The van der Waals surface area contributed by atoms with Crippen LogP contribution in [0.1, 0.15) is 25.5 Å². The van der Waals surface area contributed by atoms with Gasteiger partial charge >= 0.3 is 0 Å². The zero-order chi connectivity index (χ0) is 15.8. The van der Waals surface area contributed by atoms with Crippen molar-refractivity contribution in [3.05, 3.63) is 34.3 Å². The zero-order valence-corrected chi connectivity index (χ0v) is 15.0. The molecule has 3 unspecified atom stereocenters. The summed E-state index contributed by atoms with van der Waals surface area (Å²) in [6.07, 6.45) is 0. The number of benzene rings is 1. The van der Waals surface area contributed by atoms with Gasteiger partial charge in [0.15, 0.2) is 0 Å². The van der Waals surface area contributed by atoms with Crippen LogP contribution >= 0.6 is 15.9 Å². The number of halogens is 1. The summed E-state index contributed by atoms with van der Waals surface area (Å²) in [5.74, 6) is 0. The largest absolute Gasteiger partial charge is 0.383 e. The van der Waals surface area contributed by atoms with Crippen LogP contribution < -0.4 is 5.73 Å². The van der Waals surface area contributed by atoms with E-state index in [1.807, 2.05) is 6.92 Å². The van der Waals surface area contributed by atoms with E-state index < -0.39 is 0 Å². The Balaban J connectivity index is 3.03. The molecule has 120 valence electrons. The number of nitrogens with zero attached hydrogens (tertiary/aromatic N) is 1. The minimum atomic E-state index is 0.0161. The molecule has 21 heavy (non-hydrogen) atoms. The second-order valence-corrected chi connectivity index (χ2v) is 6.31. The molecule has 0 spiro atoms. The van der Waals surface area contributed by atoms with Crippen LogP contribution in [0.15, 0.2) is 28.7 Å². The molecule has 0 aliphatic heterocycles. The van der Waals surface area contributed by atoms with Gasteiger partial charge in [0.25, 0.3) is 0 Å². The minimum Gasteiger partial charge on any atom is -0.383 e. The summed E-state index contributed by atoms with van der Waals surface area (Å²) >= 11 is 3.48. The highest BCUT2D eigenvalue weighted by atomic mass is 79.9. The lowest BCUT2D eigenvalue weighted by atomic mass is 9.97. The van der Waals surface area contributed by atoms with Gasteiger partial charge < -0.3 is 15.2 Å². The van der Waals surface area contributed by atoms with Gasteiger partial charge in [-0.2, -0.15) is 0 Å². The summed E-state index contributed by atoms with van der Waals surface area (Å²) in [6.45, 7) is 6.37. The zero-order valence-electron chi connectivity index (χ0n) is 13.4. The smallest absolute Gasteiger partial charge is 0.0615 e. The maximum atomic E-state index is 6.28. The van der Waals surface area contributed by atoms with Crippen molar-refractivity contribution in [2.24, 2.45) is 5.73 Å². The lowest BCUT2D eigenvalue weighted by Gasteiger charge is -2.38. The van der Waals surface area contributed by atoms with Gasteiger partial charge in [-0.25, -0.2) is 0 Å². The van der Waals surface area contributed by atoms with Gasteiger partial charge in [-0.15, -0.1) is 0 Å². The summed E-state index contributed by atoms with van der Waals surface area (Å²) in [5.41, 5.74) is 7.49. The molecular formula is C16H27BrN2O2. The highest BCUT2D eigenvalue weighted by Crippen LogP contribution is 2.27. The summed E-state index contributed by atoms with van der Waals surface area (Å²) in [5, 5.41) is 0. The van der Waals surface area contributed by atoms with Gasteiger partial charge in [-0.3, -0.25) is 4.90 Å². The van der Waals surface area contributed by atoms with Crippen LogP contribution in [0.5, 0.6) is 0 Å². The molecule has 1 aromatic carbocycles. The molecule has 3 atom stereocenters. The van der Waals surface area contributed by atoms with E-state index in [1.165, 1.54) is 5.56 Å². The maximum absolute atomic E-state index is 6.28. The van der Waals surface area contributed by atoms with Crippen molar-refractivity contribution < 1.29 is 9.47 Å². The van der Waals surface area contributed by atoms with Crippen LogP contribution in [0, 0.1) is 0 Å². The van der Waals surface area contributed by atoms with Crippen molar-refractivity contribution in [1.29, 1.82) is 0 Å². The van der Waals surface area contributed by atoms with E-state index in [0.717, 1.165) is 11.0 Å². The second kappa shape index (κ2) is 9.54. The fourth-order valence-electron chi connectivity index (χ4n) is 2.62. The third-order valence-corrected chi connectivity index (χ3v) is 4.12. The Hall–Kier alpha value is -0.460. The molecule has 0 fully saturated rings. The molecule has 0 aromatic heterocycles. The first-order valence-corrected chi connectivity index (χ1v) is 8.05. The van der Waals surface area contributed by atoms with E-state index in [2.05, 4.69) is 52.0 Å². The highest BCUT2D eigenvalue weighted by Gasteiger charge is 2.27. The number of rotatable bonds is 9. The van der Waals surface area contributed by atoms with E-state index in [9.17, 15) is 0 Å². The van der Waals surface area contributed by atoms with E-state index in [4.69, 9.17) is 15.2 Å². The van der Waals surface area contributed by atoms with E-state index >= 15 is 0 Å². The number of hydrogen-bond acceptors (Lipinski definition) is 4. The molecule has 0 radical (unpaired) electrons. The van der Waals surface area contributed by atoms with Crippen molar-refractivity contribution in [3.63, 3.8) is 0 Å². The molecule has 0 bridgehead atoms. The Morgan fingerprint density at radius 3 is 2.24 bits per heavy atom. The fraction of sp³-hybridized carbons (Fsp3) is 0.625. The van der Waals surface area contributed by atoms with Crippen LogP contribution in [0.4, 0.5) is 0 Å². The number of hydrogen-bond donors (Lipinski definition) is 1. The van der Waals surface area contributed by atoms with Crippen molar-refractivity contribution in [3.8, 4) is 0 Å². The Kier molecular flexibility index (Phi) is 8.44. The topological polar surface area (TPSA) is 47.7 Å². The van der Waals surface area contributed by atoms with Crippen LogP contribution in [0.2, 0.25) is 0 Å². The van der Waals surface area contributed by atoms with Crippen LogP contribution in [0.3, 0.4) is 0 Å². The summed E-state index contributed by atoms with van der Waals surface area (Å²) in [6, 6.07) is 8.78. The molecule has 0 aliphatic carbocycles. The average molecular weight is 359 g/mol. The molecule has 1 aromatic rings. The van der Waals surface area contributed by atoms with Gasteiger partial charge in [0.05, 0.1) is 19.3 Å². The maximum Gasteiger partial charge on any atom is 0.0615 e. The number of methoxy groups -OCH3 is 2. The molecule has 0 amide bonds. The Labute approximate surface area is 136 Å². The SMILES string of the molecule is COCCN(C(C)COC)C(c1ccc(Br)cc1)C(C)N. The summed E-state index contributed by atoms with van der Waals surface area (Å²) < 4.78 is 11.6. The predicted molar refractivity (Wildman–Crippen MR) is 90.5 cm³/mol. The molecule has 2 N–H and O–H groups in total. The molecule has 4 nitrogen and oxygen atoms in total. The average Bonchev–Trinajstić information content (AvgIpc) is 2.44. The lowest BCUT2D eigenvalue weighted by molar-refractivity contribution is 0.0400. The van der Waals surface area contributed by atoms with Crippen molar-refractivity contribution in [2.75, 3.05) is 34.0 Å². The molecular weight excluding hydrogens is 332 g/mol. The molecule has 0 aliphatic rings. The number of ether oxygens (including phenoxy) is 2. The van der Waals surface area contributed by atoms with Crippen LogP contribution in [-0.4, -0.2) is 51.0 Å². The van der Waals surface area contributed by atoms with Gasteiger partial charge in [0.2, 0.25) is 0 Å². The molecule has 5 heteroatoms. The van der Waals surface area contributed by atoms with Crippen LogP contribution in [0.25, 0.3) is 0 Å². The molecule has 0 saturated carbocycles. The Morgan fingerprint density at radius 1 is 1.14 bits per heavy atom. The lowest BCUT2D eigenvalue weighted by Crippen LogP contribution is -2.47. The second-order valence-electron chi connectivity index (χ2n) is 5.39. The van der Waals surface area contributed by atoms with Gasteiger partial charge in [-0.1, -0.05) is 28.1 Å². The quantitative estimate of drug-likeness (QED) is 0.737. The first kappa shape index (κ1) is 18.6. The Bertz CT molecular complexity index is 398. The standard InChI is InChI=1S/C16H27BrN2O2/c1-12(11-21-4)19(9-10-20-3)16(13(2)18)14-5-7-15(17)8-6-14/h5-8,12-13,16H,9-11,18H2,1-4H3. The van der Waals surface area contributed by atoms with E-state index in [0.29, 0.717) is 13.2 Å². The molecule has 1 rings (SSSR count). The third-order valence-electron chi connectivity index (χ3n) is 3.59. The van der Waals surface area contributed by atoms with E-state index in [-0.39, 0.29) is 18.1 Å². The third kappa shape index (κ3) is 5.68. The summed E-state index contributed by atoms with van der Waals surface area (Å²) in [7, 11) is 3.45. The van der Waals surface area contributed by atoms with E-state index in [1.54, 1.807) is 14.2 Å². The highest BCUT2D eigenvalue weighted by molar-refractivity contribution is 9.10.